The Bertz CT molecular complexity index is 933. The quantitative estimate of drug-likeness (QED) is 0.0897. The number of ether oxygens (including phenoxy) is 3. The second-order valence-electron chi connectivity index (χ2n) is 14.1. The first-order valence-corrected chi connectivity index (χ1v) is 19.4. The first-order valence-electron chi connectivity index (χ1n) is 18.4. The molecule has 278 valence electrons. The number of carbonyl (C=O) groups is 3. The number of allylic oxidation sites excluding steroid dienone is 1. The Kier molecular flexibility index (Phi) is 22.2. The van der Waals surface area contributed by atoms with Crippen LogP contribution in [0.25, 0.3) is 0 Å². The molecular weight excluding hydrogens is 630 g/mol. The number of rotatable bonds is 28. The highest BCUT2D eigenvalue weighted by atomic mass is 32.2. The van der Waals surface area contributed by atoms with Gasteiger partial charge in [0.05, 0.1) is 26.4 Å². The van der Waals surface area contributed by atoms with Crippen molar-refractivity contribution in [1.82, 2.24) is 26.2 Å². The van der Waals surface area contributed by atoms with Gasteiger partial charge in [-0.2, -0.15) is 11.8 Å². The molecule has 12 heteroatoms. The molecule has 0 aromatic carbocycles. The van der Waals surface area contributed by atoms with Crippen LogP contribution in [0, 0.1) is 5.92 Å². The first kappa shape index (κ1) is 42.3. The van der Waals surface area contributed by atoms with Crippen molar-refractivity contribution in [2.45, 2.75) is 115 Å². The van der Waals surface area contributed by atoms with Gasteiger partial charge in [-0.15, -0.1) is 0 Å². The van der Waals surface area contributed by atoms with E-state index in [9.17, 15) is 14.4 Å². The van der Waals surface area contributed by atoms with Gasteiger partial charge in [0.15, 0.2) is 0 Å². The second-order valence-corrected chi connectivity index (χ2v) is 15.4. The molecule has 3 amide bonds. The van der Waals surface area contributed by atoms with Crippen molar-refractivity contribution in [3.63, 3.8) is 0 Å². The monoisotopic (exact) mass is 697 g/mol. The minimum Gasteiger partial charge on any atom is -0.385 e. The molecule has 4 N–H and O–H groups in total. The molecule has 0 bridgehead atoms. The lowest BCUT2D eigenvalue weighted by Gasteiger charge is -2.31. The molecule has 11 nitrogen and oxygen atoms in total. The molecule has 3 atom stereocenters. The highest BCUT2D eigenvalue weighted by Gasteiger charge is 2.40. The standard InChI is InChI=1S/C36H67N5O6S/c1-29-27-30-31(40-29)28-48-32(30)13-6-7-14-33(42)38-18-11-21-45-23-25-47-26-24-46-22-12-19-39-35(44)16-10-15-34(43)37-17-8-9-20-41(5)36(2,3)4/h30-32,40H,1,6-28H2,2-5H3,(H,37,43)(H,38,42)(H,39,44)/t30-,31-,32-/m0/s1. The number of nitrogens with zero attached hydrogens (tertiary/aromatic N) is 1. The van der Waals surface area contributed by atoms with Crippen LogP contribution < -0.4 is 21.3 Å². The van der Waals surface area contributed by atoms with Crippen molar-refractivity contribution in [2.24, 2.45) is 5.92 Å². The summed E-state index contributed by atoms with van der Waals surface area (Å²) in [6.45, 7) is 16.7. The van der Waals surface area contributed by atoms with Crippen LogP contribution in [0.5, 0.6) is 0 Å². The average Bonchev–Trinajstić information content (AvgIpc) is 3.59. The lowest BCUT2D eigenvalue weighted by Crippen LogP contribution is -2.38. The third-order valence-corrected chi connectivity index (χ3v) is 10.6. The van der Waals surface area contributed by atoms with E-state index in [0.29, 0.717) is 96.3 Å². The fourth-order valence-electron chi connectivity index (χ4n) is 5.75. The lowest BCUT2D eigenvalue weighted by molar-refractivity contribution is -0.123. The van der Waals surface area contributed by atoms with Crippen molar-refractivity contribution in [1.29, 1.82) is 0 Å². The van der Waals surface area contributed by atoms with Crippen LogP contribution in [-0.2, 0) is 28.6 Å². The summed E-state index contributed by atoms with van der Waals surface area (Å²) in [5, 5.41) is 13.0. The highest BCUT2D eigenvalue weighted by Crippen LogP contribution is 2.42. The molecule has 0 aromatic heterocycles. The van der Waals surface area contributed by atoms with Crippen LogP contribution in [-0.4, -0.2) is 118 Å². The Morgan fingerprint density at radius 2 is 1.29 bits per heavy atom. The van der Waals surface area contributed by atoms with Crippen molar-refractivity contribution >= 4 is 29.5 Å². The van der Waals surface area contributed by atoms with Crippen molar-refractivity contribution < 1.29 is 28.6 Å². The van der Waals surface area contributed by atoms with Gasteiger partial charge in [0.25, 0.3) is 0 Å². The van der Waals surface area contributed by atoms with E-state index in [4.69, 9.17) is 14.2 Å². The van der Waals surface area contributed by atoms with Gasteiger partial charge >= 0.3 is 0 Å². The van der Waals surface area contributed by atoms with Gasteiger partial charge in [0, 0.05) is 80.4 Å². The van der Waals surface area contributed by atoms with Crippen molar-refractivity contribution in [3.8, 4) is 0 Å². The average molecular weight is 698 g/mol. The topological polar surface area (TPSA) is 130 Å². The summed E-state index contributed by atoms with van der Waals surface area (Å²) in [6.07, 6.45) is 9.74. The van der Waals surface area contributed by atoms with E-state index < -0.39 is 0 Å². The lowest BCUT2D eigenvalue weighted by atomic mass is 9.94. The number of carbonyl (C=O) groups excluding carboxylic acids is 3. The molecule has 0 spiro atoms. The summed E-state index contributed by atoms with van der Waals surface area (Å²) < 4.78 is 16.7. The minimum absolute atomic E-state index is 0.0113. The fraction of sp³-hybridized carbons (Fsp3) is 0.861. The van der Waals surface area contributed by atoms with Crippen LogP contribution in [0.3, 0.4) is 0 Å². The SMILES string of the molecule is C=C1C[C@H]2[C@H](CS[C@H]2CCCCC(=O)NCCCOCCOCCOCCCNC(=O)CCCC(=O)NCCCCN(C)C(C)(C)C)N1. The van der Waals surface area contributed by atoms with Crippen molar-refractivity contribution in [3.05, 3.63) is 12.3 Å². The molecule has 0 radical (unpaired) electrons. The molecule has 2 rings (SSSR count). The smallest absolute Gasteiger partial charge is 0.220 e. The fourth-order valence-corrected chi connectivity index (χ4v) is 7.40. The third kappa shape index (κ3) is 20.0. The van der Waals surface area contributed by atoms with Crippen LogP contribution >= 0.6 is 11.8 Å². The van der Waals surface area contributed by atoms with E-state index in [2.05, 4.69) is 72.3 Å². The molecule has 0 aromatic rings. The van der Waals surface area contributed by atoms with E-state index >= 15 is 0 Å². The van der Waals surface area contributed by atoms with Gasteiger partial charge in [0.1, 0.15) is 0 Å². The van der Waals surface area contributed by atoms with Crippen LogP contribution in [0.15, 0.2) is 12.3 Å². The van der Waals surface area contributed by atoms with Gasteiger partial charge in [-0.25, -0.2) is 0 Å². The van der Waals surface area contributed by atoms with E-state index in [1.165, 1.54) is 17.9 Å². The maximum atomic E-state index is 12.1. The maximum absolute atomic E-state index is 12.1. The molecule has 2 saturated heterocycles. The van der Waals surface area contributed by atoms with E-state index in [1.54, 1.807) is 0 Å². The Morgan fingerprint density at radius 3 is 1.85 bits per heavy atom. The molecule has 2 fully saturated rings. The van der Waals surface area contributed by atoms with E-state index in [0.717, 1.165) is 57.4 Å². The summed E-state index contributed by atoms with van der Waals surface area (Å²) in [4.78, 5) is 38.4. The molecule has 48 heavy (non-hydrogen) atoms. The molecular formula is C36H67N5O6S. The van der Waals surface area contributed by atoms with E-state index in [1.807, 2.05) is 0 Å². The molecule has 2 aliphatic rings. The number of amides is 3. The number of hydrogen-bond acceptors (Lipinski definition) is 9. The number of fused-ring (bicyclic) bond motifs is 1. The molecule has 0 aliphatic carbocycles. The number of hydrogen-bond donors (Lipinski definition) is 4. The highest BCUT2D eigenvalue weighted by molar-refractivity contribution is 8.00. The second kappa shape index (κ2) is 25.1. The predicted molar refractivity (Wildman–Crippen MR) is 195 cm³/mol. The Morgan fingerprint density at radius 1 is 0.771 bits per heavy atom. The summed E-state index contributed by atoms with van der Waals surface area (Å²) in [5.74, 6) is 2.02. The number of nitrogens with one attached hydrogen (secondary N) is 4. The van der Waals surface area contributed by atoms with Gasteiger partial charge < -0.3 is 40.4 Å². The summed E-state index contributed by atoms with van der Waals surface area (Å²) in [7, 11) is 2.12. The minimum atomic E-state index is -0.0322. The van der Waals surface area contributed by atoms with Gasteiger partial charge in [-0.3, -0.25) is 14.4 Å². The Hall–Kier alpha value is -1.86. The zero-order valence-corrected chi connectivity index (χ0v) is 31.3. The third-order valence-electron chi connectivity index (χ3n) is 9.01. The molecule has 0 saturated carbocycles. The maximum Gasteiger partial charge on any atom is 0.220 e. The largest absolute Gasteiger partial charge is 0.385 e. The zero-order chi connectivity index (χ0) is 35.0. The van der Waals surface area contributed by atoms with Gasteiger partial charge in [-0.1, -0.05) is 13.0 Å². The summed E-state index contributed by atoms with van der Waals surface area (Å²) >= 11 is 2.08. The van der Waals surface area contributed by atoms with Crippen LogP contribution in [0.1, 0.15) is 97.8 Å². The van der Waals surface area contributed by atoms with Gasteiger partial charge in [0.2, 0.25) is 17.7 Å². The molecule has 2 heterocycles. The van der Waals surface area contributed by atoms with Gasteiger partial charge in [-0.05, 0) is 91.6 Å². The normalized spacial score (nSPS) is 18.9. The van der Waals surface area contributed by atoms with Crippen LogP contribution in [0.4, 0.5) is 0 Å². The zero-order valence-electron chi connectivity index (χ0n) is 30.5. The summed E-state index contributed by atoms with van der Waals surface area (Å²) in [6, 6.07) is 0.610. The molecule has 2 aliphatic heterocycles. The summed E-state index contributed by atoms with van der Waals surface area (Å²) in [5.41, 5.74) is 1.35. The number of thioether (sulfide) groups is 1. The Labute approximate surface area is 295 Å². The van der Waals surface area contributed by atoms with Crippen molar-refractivity contribution in [2.75, 3.05) is 78.6 Å². The number of unbranched alkanes of at least 4 members (excludes halogenated alkanes) is 2. The predicted octanol–water partition coefficient (Wildman–Crippen LogP) is 4.01. The molecule has 0 unspecified atom stereocenters. The van der Waals surface area contributed by atoms with Crippen LogP contribution in [0.2, 0.25) is 0 Å². The first-order chi connectivity index (χ1) is 23.1. The Balaban J connectivity index is 1.25. The van der Waals surface area contributed by atoms with E-state index in [-0.39, 0.29) is 23.3 Å².